The lowest BCUT2D eigenvalue weighted by atomic mass is 10.00. The van der Waals surface area contributed by atoms with Crippen molar-refractivity contribution in [3.63, 3.8) is 0 Å². The maximum absolute atomic E-state index is 14.2. The van der Waals surface area contributed by atoms with Crippen LogP contribution in [0.15, 0.2) is 47.3 Å². The fourth-order valence-corrected chi connectivity index (χ4v) is 4.32. The van der Waals surface area contributed by atoms with Gasteiger partial charge in [-0.1, -0.05) is 50.0 Å². The molecule has 33 heavy (non-hydrogen) atoms. The Morgan fingerprint density at radius 3 is 2.48 bits per heavy atom. The average molecular weight is 467 g/mol. The Kier molecular flexibility index (Phi) is 6.13. The predicted octanol–water partition coefficient (Wildman–Crippen LogP) is 3.96. The van der Waals surface area contributed by atoms with Crippen LogP contribution in [0.3, 0.4) is 0 Å². The lowest BCUT2D eigenvalue weighted by molar-refractivity contribution is 0.0761. The van der Waals surface area contributed by atoms with Crippen molar-refractivity contribution < 1.29 is 9.13 Å². The third-order valence-corrected chi connectivity index (χ3v) is 6.93. The van der Waals surface area contributed by atoms with Crippen molar-refractivity contribution in [2.24, 2.45) is 0 Å². The normalized spacial score (nSPS) is 11.9. The van der Waals surface area contributed by atoms with Crippen molar-refractivity contribution in [3.8, 4) is 22.4 Å². The molecule has 0 saturated heterocycles. The number of aryl methyl sites for hydroxylation is 1. The molecule has 0 unspecified atom stereocenters. The minimum Gasteiger partial charge on any atom is -0.369 e. The molecule has 0 fully saturated rings. The first kappa shape index (κ1) is 22.8. The van der Waals surface area contributed by atoms with E-state index in [2.05, 4.69) is 34.7 Å². The van der Waals surface area contributed by atoms with Crippen molar-refractivity contribution >= 4 is 19.7 Å². The van der Waals surface area contributed by atoms with Gasteiger partial charge in [0.05, 0.1) is 11.3 Å². The number of benzene rings is 1. The molecule has 0 aliphatic carbocycles. The molecule has 0 aliphatic rings. The smallest absolute Gasteiger partial charge is 0.355 e. The quantitative estimate of drug-likeness (QED) is 0.251. The Balaban J connectivity index is 1.89. The Bertz CT molecular complexity index is 1340. The first-order chi connectivity index (χ1) is 15.6. The van der Waals surface area contributed by atoms with Gasteiger partial charge in [-0.05, 0) is 24.6 Å². The highest BCUT2D eigenvalue weighted by Gasteiger charge is 2.22. The summed E-state index contributed by atoms with van der Waals surface area (Å²) < 4.78 is 22.4. The maximum Gasteiger partial charge on any atom is 0.355 e. The molecule has 3 heterocycles. The molecule has 2 N–H and O–H groups in total. The maximum atomic E-state index is 14.2. The highest BCUT2D eigenvalue weighted by Crippen LogP contribution is 2.34. The van der Waals surface area contributed by atoms with Crippen LogP contribution in [-0.4, -0.2) is 38.8 Å². The van der Waals surface area contributed by atoms with Crippen LogP contribution < -0.4 is 11.4 Å². The largest absolute Gasteiger partial charge is 0.369 e. The fourth-order valence-electron chi connectivity index (χ4n) is 3.56. The summed E-state index contributed by atoms with van der Waals surface area (Å²) in [5.41, 5.74) is 8.80. The van der Waals surface area contributed by atoms with E-state index >= 15 is 0 Å². The number of nitrogens with two attached hydrogens (primary N) is 1. The summed E-state index contributed by atoms with van der Waals surface area (Å²) in [5.74, 6) is -0.632. The molecule has 0 atom stereocenters. The molecule has 10 heteroatoms. The van der Waals surface area contributed by atoms with E-state index in [0.29, 0.717) is 29.1 Å². The Hall–Kier alpha value is -3.37. The van der Waals surface area contributed by atoms with Gasteiger partial charge in [0.25, 0.3) is 0 Å². The number of ether oxygens (including phenoxy) is 1. The van der Waals surface area contributed by atoms with Crippen LogP contribution in [0.4, 0.5) is 10.3 Å². The van der Waals surface area contributed by atoms with E-state index in [1.54, 1.807) is 13.0 Å². The van der Waals surface area contributed by atoms with E-state index in [0.717, 1.165) is 11.6 Å². The van der Waals surface area contributed by atoms with Crippen molar-refractivity contribution in [2.45, 2.75) is 39.3 Å². The number of fused-ring (bicyclic) bond motifs is 1. The second-order valence-corrected chi connectivity index (χ2v) is 14.8. The number of nitrogens with zero attached hydrogens (tertiary/aromatic N) is 5. The third kappa shape index (κ3) is 4.86. The predicted molar refractivity (Wildman–Crippen MR) is 129 cm³/mol. The van der Waals surface area contributed by atoms with Gasteiger partial charge in [0, 0.05) is 32.0 Å². The zero-order chi connectivity index (χ0) is 23.8. The van der Waals surface area contributed by atoms with Crippen LogP contribution in [0.2, 0.25) is 25.7 Å². The summed E-state index contributed by atoms with van der Waals surface area (Å²) in [6, 6.07) is 13.4. The lowest BCUT2D eigenvalue weighted by Gasteiger charge is -2.14. The summed E-state index contributed by atoms with van der Waals surface area (Å²) in [4.78, 5) is 21.4. The van der Waals surface area contributed by atoms with Crippen LogP contribution in [0.25, 0.3) is 28.0 Å². The first-order valence-corrected chi connectivity index (χ1v) is 14.4. The molecule has 0 amide bonds. The Morgan fingerprint density at radius 2 is 1.82 bits per heavy atom. The monoisotopic (exact) mass is 466 g/mol. The molecule has 0 saturated carbocycles. The molecule has 172 valence electrons. The van der Waals surface area contributed by atoms with E-state index in [9.17, 15) is 9.18 Å². The molecule has 8 nitrogen and oxygen atoms in total. The lowest BCUT2D eigenvalue weighted by Crippen LogP contribution is -2.26. The van der Waals surface area contributed by atoms with Crippen LogP contribution in [0.1, 0.15) is 5.69 Å². The van der Waals surface area contributed by atoms with Gasteiger partial charge in [-0.15, -0.1) is 5.10 Å². The van der Waals surface area contributed by atoms with Crippen LogP contribution in [0.5, 0.6) is 0 Å². The molecule has 4 rings (SSSR count). The first-order valence-electron chi connectivity index (χ1n) is 10.7. The van der Waals surface area contributed by atoms with E-state index < -0.39 is 19.7 Å². The number of nitrogen functional groups attached to an aromatic ring is 1. The highest BCUT2D eigenvalue weighted by atomic mass is 28.3. The van der Waals surface area contributed by atoms with E-state index in [-0.39, 0.29) is 18.3 Å². The number of pyridine rings is 1. The van der Waals surface area contributed by atoms with Crippen LogP contribution in [0, 0.1) is 12.9 Å². The molecular formula is C23H27FN6O2Si. The molecular weight excluding hydrogens is 439 g/mol. The number of anilines is 1. The van der Waals surface area contributed by atoms with Gasteiger partial charge in [0.2, 0.25) is 11.9 Å². The van der Waals surface area contributed by atoms with Gasteiger partial charge >= 0.3 is 5.69 Å². The van der Waals surface area contributed by atoms with E-state index in [4.69, 9.17) is 10.5 Å². The van der Waals surface area contributed by atoms with E-state index in [1.165, 1.54) is 15.1 Å². The minimum atomic E-state index is -1.27. The second kappa shape index (κ2) is 8.87. The number of halogens is 1. The summed E-state index contributed by atoms with van der Waals surface area (Å²) >= 11 is 0. The fraction of sp³-hybridized carbons (Fsp3) is 0.304. The van der Waals surface area contributed by atoms with Crippen molar-refractivity contribution in [3.05, 3.63) is 64.6 Å². The molecule has 0 aliphatic heterocycles. The average Bonchev–Trinajstić information content (AvgIpc) is 3.07. The van der Waals surface area contributed by atoms with Gasteiger partial charge in [0.1, 0.15) is 6.73 Å². The summed E-state index contributed by atoms with van der Waals surface area (Å²) in [6.45, 7) is 9.01. The summed E-state index contributed by atoms with van der Waals surface area (Å²) in [7, 11) is -1.27. The Labute approximate surface area is 191 Å². The van der Waals surface area contributed by atoms with Gasteiger partial charge in [-0.25, -0.2) is 19.2 Å². The summed E-state index contributed by atoms with van der Waals surface area (Å²) in [6.07, 6.45) is 0. The number of hydrogen-bond acceptors (Lipinski definition) is 6. The van der Waals surface area contributed by atoms with Crippen LogP contribution >= 0.6 is 0 Å². The molecule has 3 aromatic heterocycles. The van der Waals surface area contributed by atoms with E-state index in [1.807, 2.05) is 30.3 Å². The standard InChI is InChI=1S/C23H27FN6O2Si/c1-15-12-17(13-18(24)26-15)19-20(16-8-6-5-7-9-16)27-22(25)30-21(19)28-29(23(30)31)14-32-10-11-33(2,3)4/h5-9,12-13H,10-11,14H2,1-4H3,(H2,25,27). The van der Waals surface area contributed by atoms with Gasteiger partial charge in [0.15, 0.2) is 5.65 Å². The topological polar surface area (TPSA) is 100 Å². The summed E-state index contributed by atoms with van der Waals surface area (Å²) in [5, 5.41) is 4.52. The molecule has 0 bridgehead atoms. The molecule has 0 spiro atoms. The zero-order valence-electron chi connectivity index (χ0n) is 19.2. The zero-order valence-corrected chi connectivity index (χ0v) is 20.2. The highest BCUT2D eigenvalue weighted by molar-refractivity contribution is 6.76. The Morgan fingerprint density at radius 1 is 1.09 bits per heavy atom. The van der Waals surface area contributed by atoms with Crippen LogP contribution in [-0.2, 0) is 11.5 Å². The number of hydrogen-bond donors (Lipinski definition) is 1. The number of rotatable bonds is 7. The molecule has 1 aromatic carbocycles. The SMILES string of the molecule is Cc1cc(-c2c(-c3ccccc3)nc(N)n3c(=O)n(COCC[Si](C)(C)C)nc23)cc(F)n1. The van der Waals surface area contributed by atoms with Gasteiger partial charge in [-0.3, -0.25) is 0 Å². The molecule has 4 aromatic rings. The number of aromatic nitrogens is 5. The second-order valence-electron chi connectivity index (χ2n) is 9.17. The van der Waals surface area contributed by atoms with Gasteiger partial charge in [-0.2, -0.15) is 9.07 Å². The van der Waals surface area contributed by atoms with Crippen molar-refractivity contribution in [2.75, 3.05) is 12.3 Å². The third-order valence-electron chi connectivity index (χ3n) is 5.22. The minimum absolute atomic E-state index is 0.00259. The molecule has 0 radical (unpaired) electrons. The van der Waals surface area contributed by atoms with Gasteiger partial charge < -0.3 is 10.5 Å². The van der Waals surface area contributed by atoms with Crippen molar-refractivity contribution in [1.29, 1.82) is 0 Å². The van der Waals surface area contributed by atoms with Crippen molar-refractivity contribution in [1.82, 2.24) is 24.1 Å².